The first-order valence-electron chi connectivity index (χ1n) is 9.49. The number of nitrogens with one attached hydrogen (secondary N) is 1. The van der Waals surface area contributed by atoms with Crippen LogP contribution in [0.25, 0.3) is 11.3 Å². The zero-order valence-corrected chi connectivity index (χ0v) is 17.6. The molecule has 2 aromatic carbocycles. The second-order valence-electron chi connectivity index (χ2n) is 6.74. The van der Waals surface area contributed by atoms with Crippen molar-refractivity contribution in [3.63, 3.8) is 0 Å². The van der Waals surface area contributed by atoms with Crippen LogP contribution in [0.5, 0.6) is 5.75 Å². The van der Waals surface area contributed by atoms with E-state index in [1.165, 1.54) is 11.8 Å². The molecule has 0 fully saturated rings. The minimum atomic E-state index is -0.521. The largest absolute Gasteiger partial charge is 0.496 e. The van der Waals surface area contributed by atoms with Crippen LogP contribution in [-0.4, -0.2) is 40.4 Å². The summed E-state index contributed by atoms with van der Waals surface area (Å²) < 4.78 is 6.60. The summed E-state index contributed by atoms with van der Waals surface area (Å²) in [4.78, 5) is 12.4. The van der Waals surface area contributed by atoms with Gasteiger partial charge in [0.2, 0.25) is 0 Å². The Bertz CT molecular complexity index is 1100. The zero-order valence-electron chi connectivity index (χ0n) is 16.9. The van der Waals surface area contributed by atoms with Crippen LogP contribution in [0.1, 0.15) is 27.5 Å². The van der Waals surface area contributed by atoms with Crippen molar-refractivity contribution in [2.24, 2.45) is 0 Å². The van der Waals surface area contributed by atoms with Crippen molar-refractivity contribution in [2.45, 2.75) is 12.6 Å². The average Bonchev–Trinajstić information content (AvgIpc) is 3.14. The lowest BCUT2D eigenvalue weighted by Crippen LogP contribution is -2.23. The van der Waals surface area contributed by atoms with Crippen molar-refractivity contribution in [1.29, 1.82) is 5.26 Å². The van der Waals surface area contributed by atoms with Crippen LogP contribution in [0.3, 0.4) is 0 Å². The number of halogens is 1. The highest BCUT2D eigenvalue weighted by atomic mass is 35.5. The zero-order chi connectivity index (χ0) is 22.4. The summed E-state index contributed by atoms with van der Waals surface area (Å²) in [6, 6.07) is 15.8. The summed E-state index contributed by atoms with van der Waals surface area (Å²) in [6.45, 7) is 0.0716. The molecule has 31 heavy (non-hydrogen) atoms. The van der Waals surface area contributed by atoms with E-state index in [1.807, 2.05) is 12.1 Å². The summed E-state index contributed by atoms with van der Waals surface area (Å²) in [5.41, 5.74) is 8.69. The number of carbonyl (C=O) groups is 1. The fraction of sp³-hybridized carbons (Fsp3) is 0.227. The number of nitrogens with zero attached hydrogens (tertiary/aromatic N) is 3. The number of para-hydroxylation sites is 1. The number of ether oxygens (including phenoxy) is 1. The van der Waals surface area contributed by atoms with E-state index in [0.717, 1.165) is 5.56 Å². The number of hydrogen-bond acceptors (Lipinski definition) is 6. The Morgan fingerprint density at radius 1 is 1.32 bits per heavy atom. The van der Waals surface area contributed by atoms with E-state index in [-0.39, 0.29) is 29.8 Å². The fourth-order valence-corrected chi connectivity index (χ4v) is 3.35. The Morgan fingerprint density at radius 2 is 2.03 bits per heavy atom. The van der Waals surface area contributed by atoms with E-state index >= 15 is 0 Å². The summed E-state index contributed by atoms with van der Waals surface area (Å²) in [5, 5.41) is 26.3. The van der Waals surface area contributed by atoms with Gasteiger partial charge in [0.25, 0.3) is 5.91 Å². The Balaban J connectivity index is 1.77. The van der Waals surface area contributed by atoms with Gasteiger partial charge in [0.15, 0.2) is 0 Å². The first-order chi connectivity index (χ1) is 15.0. The molecule has 1 amide bonds. The maximum atomic E-state index is 12.4. The van der Waals surface area contributed by atoms with Gasteiger partial charge in [0, 0.05) is 18.0 Å². The number of benzene rings is 2. The van der Waals surface area contributed by atoms with Crippen molar-refractivity contribution < 1.29 is 14.6 Å². The molecule has 0 aliphatic carbocycles. The molecule has 0 spiro atoms. The third-order valence-electron chi connectivity index (χ3n) is 4.83. The number of anilines is 1. The number of aliphatic hydroxyl groups excluding tert-OH is 1. The smallest absolute Gasteiger partial charge is 0.255 e. The molecule has 0 aliphatic rings. The third-order valence-corrected chi connectivity index (χ3v) is 5.18. The summed E-state index contributed by atoms with van der Waals surface area (Å²) in [5.74, 6) is 0.532. The van der Waals surface area contributed by atoms with Gasteiger partial charge in [-0.2, -0.15) is 10.4 Å². The molecule has 1 atom stereocenters. The molecular formula is C22H22ClN5O3. The van der Waals surface area contributed by atoms with Gasteiger partial charge in [-0.25, -0.2) is 4.68 Å². The molecule has 0 bridgehead atoms. The van der Waals surface area contributed by atoms with Crippen molar-refractivity contribution in [1.82, 2.24) is 15.1 Å². The number of nitrogens with two attached hydrogens (primary N) is 1. The molecule has 160 valence electrons. The Kier molecular flexibility index (Phi) is 7.13. The van der Waals surface area contributed by atoms with Crippen LogP contribution in [0.15, 0.2) is 48.5 Å². The van der Waals surface area contributed by atoms with E-state index in [0.29, 0.717) is 29.1 Å². The molecule has 1 heterocycles. The van der Waals surface area contributed by atoms with E-state index in [4.69, 9.17) is 22.1 Å². The van der Waals surface area contributed by atoms with Crippen molar-refractivity contribution in [3.8, 4) is 23.1 Å². The quantitative estimate of drug-likeness (QED) is 0.463. The standard InChI is InChI=1S/C22H22ClN5O3/c1-31-19-5-3-2-4-17(19)22(30)26-12-14-6-8-15(9-7-14)20-18(11-24)21(25)28(27-20)16(10-23)13-29/h2-9,16,29H,10,12-13,25H2,1H3,(H,26,30). The molecule has 8 nitrogen and oxygen atoms in total. The number of aromatic nitrogens is 2. The van der Waals surface area contributed by atoms with Crippen LogP contribution in [0, 0.1) is 11.3 Å². The monoisotopic (exact) mass is 439 g/mol. The molecular weight excluding hydrogens is 418 g/mol. The van der Waals surface area contributed by atoms with Gasteiger partial charge in [0.05, 0.1) is 25.3 Å². The topological polar surface area (TPSA) is 126 Å². The summed E-state index contributed by atoms with van der Waals surface area (Å²) in [6.07, 6.45) is 0. The number of aliphatic hydroxyl groups is 1. The highest BCUT2D eigenvalue weighted by Gasteiger charge is 2.21. The van der Waals surface area contributed by atoms with E-state index in [9.17, 15) is 15.2 Å². The van der Waals surface area contributed by atoms with Gasteiger partial charge < -0.3 is 20.9 Å². The lowest BCUT2D eigenvalue weighted by atomic mass is 10.1. The molecule has 0 saturated heterocycles. The molecule has 3 aromatic rings. The van der Waals surface area contributed by atoms with Gasteiger partial charge in [0.1, 0.15) is 28.9 Å². The number of carbonyl (C=O) groups excluding carboxylic acids is 1. The van der Waals surface area contributed by atoms with Gasteiger partial charge in [-0.3, -0.25) is 4.79 Å². The number of nitriles is 1. The first kappa shape index (κ1) is 22.2. The van der Waals surface area contributed by atoms with Crippen LogP contribution >= 0.6 is 11.6 Å². The second kappa shape index (κ2) is 9.98. The summed E-state index contributed by atoms with van der Waals surface area (Å²) >= 11 is 5.87. The van der Waals surface area contributed by atoms with Gasteiger partial charge >= 0.3 is 0 Å². The minimum absolute atomic E-state index is 0.109. The highest BCUT2D eigenvalue weighted by Crippen LogP contribution is 2.29. The van der Waals surface area contributed by atoms with Crippen LogP contribution in [0.4, 0.5) is 5.82 Å². The van der Waals surface area contributed by atoms with Crippen molar-refractivity contribution in [3.05, 3.63) is 65.2 Å². The third kappa shape index (κ3) is 4.63. The number of hydrogen-bond donors (Lipinski definition) is 3. The molecule has 4 N–H and O–H groups in total. The molecule has 9 heteroatoms. The van der Waals surface area contributed by atoms with Crippen molar-refractivity contribution >= 4 is 23.3 Å². The van der Waals surface area contributed by atoms with Crippen LogP contribution in [0.2, 0.25) is 0 Å². The fourth-order valence-electron chi connectivity index (χ4n) is 3.12. The summed E-state index contributed by atoms with van der Waals surface area (Å²) in [7, 11) is 1.52. The second-order valence-corrected chi connectivity index (χ2v) is 7.04. The van der Waals surface area contributed by atoms with Crippen molar-refractivity contribution in [2.75, 3.05) is 25.3 Å². The average molecular weight is 440 g/mol. The molecule has 3 rings (SSSR count). The predicted octanol–water partition coefficient (Wildman–Crippen LogP) is 2.71. The predicted molar refractivity (Wildman–Crippen MR) is 118 cm³/mol. The lowest BCUT2D eigenvalue weighted by Gasteiger charge is -2.12. The number of methoxy groups -OCH3 is 1. The molecule has 1 unspecified atom stereocenters. The van der Waals surface area contributed by atoms with E-state index in [2.05, 4.69) is 16.5 Å². The maximum Gasteiger partial charge on any atom is 0.255 e. The number of amides is 1. The van der Waals surface area contributed by atoms with Gasteiger partial charge in [-0.1, -0.05) is 36.4 Å². The van der Waals surface area contributed by atoms with Crippen LogP contribution < -0.4 is 15.8 Å². The van der Waals surface area contributed by atoms with Gasteiger partial charge in [-0.15, -0.1) is 11.6 Å². The Hall–Kier alpha value is -3.54. The number of nitrogen functional groups attached to an aromatic ring is 1. The maximum absolute atomic E-state index is 12.4. The van der Waals surface area contributed by atoms with Crippen LogP contribution in [-0.2, 0) is 6.54 Å². The van der Waals surface area contributed by atoms with E-state index < -0.39 is 6.04 Å². The normalized spacial score (nSPS) is 11.5. The SMILES string of the molecule is COc1ccccc1C(=O)NCc1ccc(-c2nn(C(CO)CCl)c(N)c2C#N)cc1. The number of alkyl halides is 1. The molecule has 0 saturated carbocycles. The molecule has 0 radical (unpaired) electrons. The molecule has 1 aromatic heterocycles. The van der Waals surface area contributed by atoms with Gasteiger partial charge in [-0.05, 0) is 17.7 Å². The highest BCUT2D eigenvalue weighted by molar-refractivity contribution is 6.18. The first-order valence-corrected chi connectivity index (χ1v) is 10.0. The lowest BCUT2D eigenvalue weighted by molar-refractivity contribution is 0.0948. The Morgan fingerprint density at radius 3 is 2.65 bits per heavy atom. The van der Waals surface area contributed by atoms with E-state index in [1.54, 1.807) is 36.4 Å². The number of rotatable bonds is 8. The molecule has 0 aliphatic heterocycles. The minimum Gasteiger partial charge on any atom is -0.496 e. The Labute approximate surface area is 184 Å².